The summed E-state index contributed by atoms with van der Waals surface area (Å²) in [6.07, 6.45) is 1.79. The van der Waals surface area contributed by atoms with E-state index in [-0.39, 0.29) is 0 Å². The summed E-state index contributed by atoms with van der Waals surface area (Å²) in [5, 5.41) is 11.7. The summed E-state index contributed by atoms with van der Waals surface area (Å²) < 4.78 is 3.31. The maximum Gasteiger partial charge on any atom is 0.0417 e. The van der Waals surface area contributed by atoms with Crippen LogP contribution in [0.2, 0.25) is 30.1 Å². The van der Waals surface area contributed by atoms with Gasteiger partial charge < -0.3 is 5.73 Å². The van der Waals surface area contributed by atoms with Crippen molar-refractivity contribution < 1.29 is 0 Å². The van der Waals surface area contributed by atoms with E-state index >= 15 is 0 Å². The topological polar surface area (TPSA) is 26.0 Å². The molecule has 0 saturated carbocycles. The molecule has 0 bridgehead atoms. The first kappa shape index (κ1) is 45.0. The smallest absolute Gasteiger partial charge is 0.0417 e. The predicted molar refractivity (Wildman–Crippen MR) is 278 cm³/mol. The first-order valence-corrected chi connectivity index (χ1v) is 23.4. The second-order valence-electron chi connectivity index (χ2n) is 14.0. The molecule has 0 radical (unpaired) electrons. The van der Waals surface area contributed by atoms with E-state index in [4.69, 9.17) is 75.3 Å². The highest BCUT2D eigenvalue weighted by Gasteiger charge is 2.19. The normalized spacial score (nSPS) is 11.2. The van der Waals surface area contributed by atoms with E-state index in [1.165, 1.54) is 49.5 Å². The number of hydrogen-bond donors (Lipinski definition) is 1. The fourth-order valence-electron chi connectivity index (χ4n) is 6.87. The molecule has 300 valence electrons. The molecule has 2 N–H and O–H groups in total. The molecule has 1 nitrogen and oxygen atoms in total. The van der Waals surface area contributed by atoms with Crippen LogP contribution in [0.15, 0.2) is 167 Å². The van der Waals surface area contributed by atoms with Gasteiger partial charge in [-0.3, -0.25) is 0 Å². The highest BCUT2D eigenvalue weighted by atomic mass is 127. The van der Waals surface area contributed by atoms with Gasteiger partial charge in [0.25, 0.3) is 0 Å². The third-order valence-electron chi connectivity index (χ3n) is 9.74. The molecule has 0 saturated heterocycles. The lowest BCUT2D eigenvalue weighted by atomic mass is 10.0. The van der Waals surface area contributed by atoms with E-state index in [1.807, 2.05) is 109 Å². The van der Waals surface area contributed by atoms with Crippen molar-refractivity contribution in [2.24, 2.45) is 0 Å². The molecule has 60 heavy (non-hydrogen) atoms. The largest absolute Gasteiger partial charge is 0.399 e. The molecule has 0 atom stereocenters. The van der Waals surface area contributed by atoms with Gasteiger partial charge in [0, 0.05) is 48.3 Å². The molecule has 10 heteroatoms. The van der Waals surface area contributed by atoms with Gasteiger partial charge in [-0.25, -0.2) is 0 Å². The average molecular weight is 1150 g/mol. The van der Waals surface area contributed by atoms with E-state index in [2.05, 4.69) is 103 Å². The summed E-state index contributed by atoms with van der Waals surface area (Å²) in [7, 11) is 0. The summed E-state index contributed by atoms with van der Waals surface area (Å²) >= 11 is 44.9. The van der Waals surface area contributed by atoms with Crippen molar-refractivity contribution >= 4 is 162 Å². The van der Waals surface area contributed by atoms with Crippen LogP contribution >= 0.6 is 124 Å². The van der Waals surface area contributed by atoms with E-state index in [0.717, 1.165) is 77.3 Å². The van der Waals surface area contributed by atoms with E-state index in [0.29, 0.717) is 0 Å². The second kappa shape index (κ2) is 20.4. The Morgan fingerprint density at radius 2 is 0.900 bits per heavy atom. The first-order chi connectivity index (χ1) is 28.8. The molecular formula is C50H32Br2Cl6IN. The maximum atomic E-state index is 6.07. The fraction of sp³-hybridized carbons (Fsp3) is 0.0400. The van der Waals surface area contributed by atoms with Crippen molar-refractivity contribution in [3.05, 3.63) is 223 Å². The van der Waals surface area contributed by atoms with Crippen molar-refractivity contribution in [2.45, 2.75) is 12.8 Å². The quantitative estimate of drug-likeness (QED) is 0.104. The summed E-state index contributed by atoms with van der Waals surface area (Å²) in [5.74, 6) is 0. The second-order valence-corrected chi connectivity index (χ2v) is 19.5. The molecule has 0 aliphatic heterocycles. The average Bonchev–Trinajstić information content (AvgIpc) is 3.56. The Balaban J connectivity index is 0.000000127. The zero-order valence-corrected chi connectivity index (χ0v) is 41.3. The number of nitrogens with two attached hydrogens (primary N) is 1. The molecule has 9 aromatic rings. The van der Waals surface area contributed by atoms with Gasteiger partial charge in [0.2, 0.25) is 0 Å². The minimum Gasteiger partial charge on any atom is -0.399 e. The van der Waals surface area contributed by atoms with Crippen molar-refractivity contribution in [3.63, 3.8) is 0 Å². The van der Waals surface area contributed by atoms with E-state index in [1.54, 1.807) is 0 Å². The van der Waals surface area contributed by atoms with Crippen LogP contribution in [0.1, 0.15) is 22.3 Å². The first-order valence-electron chi connectivity index (χ1n) is 18.5. The van der Waals surface area contributed by atoms with Crippen LogP contribution in [0, 0.1) is 3.57 Å². The molecule has 0 unspecified atom stereocenters. The number of rotatable bonds is 2. The summed E-state index contributed by atoms with van der Waals surface area (Å²) in [6, 6.07) is 52.2. The van der Waals surface area contributed by atoms with Crippen LogP contribution in [0.5, 0.6) is 0 Å². The molecule has 1 aliphatic carbocycles. The number of benzene rings is 9. The van der Waals surface area contributed by atoms with Gasteiger partial charge in [0.1, 0.15) is 0 Å². The number of anilines is 1. The third kappa shape index (κ3) is 11.7. The number of halogens is 9. The van der Waals surface area contributed by atoms with Gasteiger partial charge in [-0.2, -0.15) is 0 Å². The molecule has 0 fully saturated rings. The Bertz CT molecular complexity index is 2990. The van der Waals surface area contributed by atoms with Gasteiger partial charge in [0.05, 0.1) is 0 Å². The molecule has 9 aromatic carbocycles. The van der Waals surface area contributed by atoms with Crippen molar-refractivity contribution in [1.82, 2.24) is 0 Å². The Morgan fingerprint density at radius 1 is 0.417 bits per heavy atom. The molecule has 0 aromatic heterocycles. The molecular weight excluding hydrogens is 1110 g/mol. The zero-order chi connectivity index (χ0) is 42.5. The monoisotopic (exact) mass is 1140 g/mol. The molecule has 0 heterocycles. The van der Waals surface area contributed by atoms with Gasteiger partial charge in [-0.15, -0.1) is 0 Å². The van der Waals surface area contributed by atoms with Crippen LogP contribution in [0.3, 0.4) is 0 Å². The molecule has 0 spiro atoms. The number of hydrogen-bond acceptors (Lipinski definition) is 1. The van der Waals surface area contributed by atoms with Crippen LogP contribution in [0.25, 0.3) is 43.4 Å². The lowest BCUT2D eigenvalue weighted by Gasteiger charge is -2.07. The van der Waals surface area contributed by atoms with Gasteiger partial charge in [-0.1, -0.05) is 140 Å². The lowest BCUT2D eigenvalue weighted by molar-refractivity contribution is 1.19. The Hall–Kier alpha value is -3.01. The zero-order valence-electron chi connectivity index (χ0n) is 31.4. The van der Waals surface area contributed by atoms with Gasteiger partial charge in [0.15, 0.2) is 0 Å². The van der Waals surface area contributed by atoms with Crippen molar-refractivity contribution in [3.8, 4) is 11.1 Å². The maximum absolute atomic E-state index is 6.07. The predicted octanol–water partition coefficient (Wildman–Crippen LogP) is 19.0. The summed E-state index contributed by atoms with van der Waals surface area (Å²) in [6.45, 7) is 0. The van der Waals surface area contributed by atoms with Gasteiger partial charge in [-0.05, 0) is 220 Å². The van der Waals surface area contributed by atoms with Crippen LogP contribution in [-0.4, -0.2) is 0 Å². The van der Waals surface area contributed by atoms with E-state index < -0.39 is 0 Å². The van der Waals surface area contributed by atoms with Crippen LogP contribution in [-0.2, 0) is 12.8 Å². The third-order valence-corrected chi connectivity index (χ3v) is 14.2. The molecule has 0 amide bonds. The van der Waals surface area contributed by atoms with E-state index in [9.17, 15) is 0 Å². The molecule has 10 rings (SSSR count). The lowest BCUT2D eigenvalue weighted by Crippen LogP contribution is -1.90. The number of nitrogen functional groups attached to an aromatic ring is 1. The molecule has 1 aliphatic rings. The summed E-state index contributed by atoms with van der Waals surface area (Å²) in [5.41, 5.74) is 14.1. The Kier molecular flexibility index (Phi) is 15.3. The number of fused-ring (bicyclic) bond motifs is 6. The van der Waals surface area contributed by atoms with Crippen molar-refractivity contribution in [1.29, 1.82) is 0 Å². The standard InChI is InChI=1S/C17H11BrCl2.C17H10Cl2.C10H8ClN.C6H3BrClI/c18-17-6-5-16(20)10-14(17)8-11-1-2-12-3-4-15(19)9-13(12)7-11;18-14-2-1-10-9-17-12(5-11(10)7-14)6-13-8-15(19)3-4-16(13)17;11-9-3-1-7-2-4-10(12)6-8(7)5-9;7-5-2-1-4(8)3-6(5)9/h1-7,9-10H,8H2;1-5,7-9H,6H2;1-6H,12H2;1-3H. The highest BCUT2D eigenvalue weighted by Crippen LogP contribution is 2.40. The van der Waals surface area contributed by atoms with Crippen molar-refractivity contribution in [2.75, 3.05) is 5.73 Å². The summed E-state index contributed by atoms with van der Waals surface area (Å²) in [4.78, 5) is 0. The van der Waals surface area contributed by atoms with Gasteiger partial charge >= 0.3 is 0 Å². The Morgan fingerprint density at radius 3 is 1.55 bits per heavy atom. The highest BCUT2D eigenvalue weighted by molar-refractivity contribution is 14.1. The Labute approximate surface area is 410 Å². The fourth-order valence-corrected chi connectivity index (χ4v) is 9.31. The minimum atomic E-state index is 0.744. The van der Waals surface area contributed by atoms with Crippen LogP contribution < -0.4 is 5.73 Å². The van der Waals surface area contributed by atoms with Crippen LogP contribution in [0.4, 0.5) is 5.69 Å². The minimum absolute atomic E-state index is 0.744. The SMILES string of the molecule is Clc1ccc(Br)c(Cc2ccc3ccc(Cl)cc3c2)c1.Clc1ccc(Br)c(I)c1.Clc1ccc2c(c1)Cc1cc3cc(Cl)ccc3cc1-2.Nc1ccc2ccc(Cl)cc2c1.